The highest BCUT2D eigenvalue weighted by Gasteiger charge is 2.26. The molecule has 0 aromatic carbocycles. The summed E-state index contributed by atoms with van der Waals surface area (Å²) in [7, 11) is 1.35. The molecular weight excluding hydrogens is 251 g/mol. The van der Waals surface area contributed by atoms with Crippen LogP contribution in [-0.4, -0.2) is 17.9 Å². The van der Waals surface area contributed by atoms with Crippen molar-refractivity contribution in [3.05, 3.63) is 23.7 Å². The van der Waals surface area contributed by atoms with Gasteiger partial charge in [0.1, 0.15) is 5.03 Å². The molecule has 0 spiro atoms. The van der Waals surface area contributed by atoms with Crippen LogP contribution in [0.25, 0.3) is 5.03 Å². The molecule has 8 heteroatoms. The van der Waals surface area contributed by atoms with E-state index in [9.17, 15) is 8.42 Å². The first kappa shape index (κ1) is 9.82. The van der Waals surface area contributed by atoms with Crippen molar-refractivity contribution in [1.29, 1.82) is 0 Å². The van der Waals surface area contributed by atoms with Crippen LogP contribution in [0.4, 0.5) is 0 Å². The molecule has 0 atom stereocenters. The van der Waals surface area contributed by atoms with Crippen molar-refractivity contribution < 1.29 is 12.9 Å². The van der Waals surface area contributed by atoms with Gasteiger partial charge in [0.25, 0.3) is 0 Å². The van der Waals surface area contributed by atoms with Crippen molar-refractivity contribution in [1.82, 2.24) is 9.46 Å². The molecule has 76 valence electrons. The molecule has 1 aliphatic heterocycles. The van der Waals surface area contributed by atoms with Crippen LogP contribution in [0.1, 0.15) is 11.3 Å². The zero-order valence-electron chi connectivity index (χ0n) is 6.65. The predicted octanol–water partition coefficient (Wildman–Crippen LogP) is 1.51. The molecule has 1 aromatic heterocycles. The fourth-order valence-corrected chi connectivity index (χ4v) is 2.23. The molecule has 2 heterocycles. The Kier molecular flexibility index (Phi) is 2.21. The van der Waals surface area contributed by atoms with Crippen molar-refractivity contribution in [3.8, 4) is 0 Å². The molecule has 0 amide bonds. The maximum absolute atomic E-state index is 11.0. The molecular formula is C6H4Cl2N2O3S. The normalized spacial score (nSPS) is 16.4. The lowest BCUT2D eigenvalue weighted by Crippen LogP contribution is -2.23. The molecule has 14 heavy (non-hydrogen) atoms. The minimum Gasteiger partial charge on any atom is -0.355 e. The van der Waals surface area contributed by atoms with E-state index in [4.69, 9.17) is 26.8 Å². The standard InChI is InChI=1S/C6H4Cl2N2O3S/c7-5-3-10(14(8,11)12)2-4-1-9-13-6(4)5/h1,3H,2H2. The van der Waals surface area contributed by atoms with Gasteiger partial charge < -0.3 is 4.52 Å². The smallest absolute Gasteiger partial charge is 0.321 e. The molecule has 2 rings (SSSR count). The molecule has 0 radical (unpaired) electrons. The molecule has 0 bridgehead atoms. The van der Waals surface area contributed by atoms with Crippen LogP contribution in [0.2, 0.25) is 0 Å². The van der Waals surface area contributed by atoms with Gasteiger partial charge in [-0.2, -0.15) is 8.42 Å². The molecule has 1 aromatic rings. The average molecular weight is 255 g/mol. The van der Waals surface area contributed by atoms with Crippen LogP contribution in [0.5, 0.6) is 0 Å². The van der Waals surface area contributed by atoms with E-state index in [2.05, 4.69) is 5.16 Å². The van der Waals surface area contributed by atoms with Gasteiger partial charge in [-0.05, 0) is 0 Å². The Balaban J connectivity index is 2.47. The second-order valence-electron chi connectivity index (χ2n) is 2.64. The summed E-state index contributed by atoms with van der Waals surface area (Å²) >= 11 is 5.75. The quantitative estimate of drug-likeness (QED) is 0.713. The molecule has 0 saturated heterocycles. The van der Waals surface area contributed by atoms with Crippen molar-refractivity contribution in [2.45, 2.75) is 6.54 Å². The first-order chi connectivity index (χ1) is 6.48. The minimum absolute atomic E-state index is 0.0842. The molecule has 0 N–H and O–H groups in total. The van der Waals surface area contributed by atoms with Crippen LogP contribution in [0, 0.1) is 0 Å². The molecule has 0 aliphatic carbocycles. The summed E-state index contributed by atoms with van der Waals surface area (Å²) in [6, 6.07) is 0. The van der Waals surface area contributed by atoms with Gasteiger partial charge in [-0.3, -0.25) is 4.31 Å². The van der Waals surface area contributed by atoms with E-state index < -0.39 is 9.24 Å². The van der Waals surface area contributed by atoms with Crippen molar-refractivity contribution in [2.24, 2.45) is 0 Å². The van der Waals surface area contributed by atoms with Crippen molar-refractivity contribution in [2.75, 3.05) is 0 Å². The van der Waals surface area contributed by atoms with Gasteiger partial charge in [-0.1, -0.05) is 16.8 Å². The number of fused-ring (bicyclic) bond motifs is 1. The van der Waals surface area contributed by atoms with Crippen LogP contribution < -0.4 is 0 Å². The summed E-state index contributed by atoms with van der Waals surface area (Å²) in [5.41, 5.74) is 0.585. The third-order valence-corrected chi connectivity index (χ3v) is 3.32. The van der Waals surface area contributed by atoms with E-state index in [1.807, 2.05) is 0 Å². The maximum atomic E-state index is 11.0. The lowest BCUT2D eigenvalue weighted by atomic mass is 10.2. The number of rotatable bonds is 1. The van der Waals surface area contributed by atoms with E-state index in [1.54, 1.807) is 0 Å². The van der Waals surface area contributed by atoms with Gasteiger partial charge in [-0.25, -0.2) is 0 Å². The van der Waals surface area contributed by atoms with Gasteiger partial charge in [-0.15, -0.1) is 0 Å². The molecule has 1 aliphatic rings. The lowest BCUT2D eigenvalue weighted by molar-refractivity contribution is 0.405. The Labute approximate surface area is 89.4 Å². The molecule has 0 unspecified atom stereocenters. The number of hydrogen-bond acceptors (Lipinski definition) is 4. The molecule has 0 fully saturated rings. The summed E-state index contributed by atoms with van der Waals surface area (Å²) in [4.78, 5) is 0. The number of halogens is 2. The summed E-state index contributed by atoms with van der Waals surface area (Å²) in [6.45, 7) is 0.0842. The number of hydrogen-bond donors (Lipinski definition) is 0. The summed E-state index contributed by atoms with van der Waals surface area (Å²) in [6.07, 6.45) is 2.59. The summed E-state index contributed by atoms with van der Waals surface area (Å²) in [5, 5.41) is 3.67. The Morgan fingerprint density at radius 2 is 2.29 bits per heavy atom. The highest BCUT2D eigenvalue weighted by molar-refractivity contribution is 8.11. The van der Waals surface area contributed by atoms with Crippen LogP contribution in [-0.2, 0) is 15.8 Å². The maximum Gasteiger partial charge on any atom is 0.321 e. The zero-order valence-corrected chi connectivity index (χ0v) is 8.97. The van der Waals surface area contributed by atoms with E-state index in [0.717, 1.165) is 4.31 Å². The van der Waals surface area contributed by atoms with Gasteiger partial charge in [0, 0.05) is 22.4 Å². The van der Waals surface area contributed by atoms with Crippen LogP contribution in [0.15, 0.2) is 16.9 Å². The van der Waals surface area contributed by atoms with Crippen LogP contribution in [0.3, 0.4) is 0 Å². The predicted molar refractivity (Wildman–Crippen MR) is 50.6 cm³/mol. The van der Waals surface area contributed by atoms with Gasteiger partial charge in [0.05, 0.1) is 12.7 Å². The van der Waals surface area contributed by atoms with E-state index in [1.165, 1.54) is 12.4 Å². The number of aromatic nitrogens is 1. The number of nitrogens with zero attached hydrogens (tertiary/aromatic N) is 2. The van der Waals surface area contributed by atoms with E-state index in [-0.39, 0.29) is 11.6 Å². The zero-order chi connectivity index (χ0) is 10.3. The topological polar surface area (TPSA) is 63.4 Å². The summed E-state index contributed by atoms with van der Waals surface area (Å²) < 4.78 is 27.7. The Morgan fingerprint density at radius 3 is 2.93 bits per heavy atom. The second-order valence-corrected chi connectivity index (χ2v) is 5.51. The summed E-state index contributed by atoms with van der Waals surface area (Å²) in [5.74, 6) is 0.378. The van der Waals surface area contributed by atoms with Gasteiger partial charge >= 0.3 is 9.24 Å². The molecule has 0 saturated carbocycles. The first-order valence-corrected chi connectivity index (χ1v) is 6.15. The third kappa shape index (κ3) is 1.60. The highest BCUT2D eigenvalue weighted by Crippen LogP contribution is 2.31. The first-order valence-electron chi connectivity index (χ1n) is 3.51. The molecule has 5 nitrogen and oxygen atoms in total. The van der Waals surface area contributed by atoms with Gasteiger partial charge in [0.2, 0.25) is 0 Å². The SMILES string of the molecule is O=S(=O)(Cl)N1C=C(Cl)c2oncc2C1. The highest BCUT2D eigenvalue weighted by atomic mass is 35.7. The Bertz CT molecular complexity index is 493. The Morgan fingerprint density at radius 1 is 1.57 bits per heavy atom. The van der Waals surface area contributed by atoms with E-state index in [0.29, 0.717) is 11.3 Å². The lowest BCUT2D eigenvalue weighted by Gasteiger charge is -2.19. The van der Waals surface area contributed by atoms with Crippen LogP contribution >= 0.6 is 22.3 Å². The largest absolute Gasteiger partial charge is 0.355 e. The third-order valence-electron chi connectivity index (χ3n) is 1.72. The fraction of sp³-hybridized carbons (Fsp3) is 0.167. The average Bonchev–Trinajstić information content (AvgIpc) is 2.50. The van der Waals surface area contributed by atoms with Crippen molar-refractivity contribution in [3.63, 3.8) is 0 Å². The second kappa shape index (κ2) is 3.15. The van der Waals surface area contributed by atoms with Crippen molar-refractivity contribution >= 4 is 36.6 Å². The van der Waals surface area contributed by atoms with Gasteiger partial charge in [0.15, 0.2) is 5.76 Å². The minimum atomic E-state index is -3.80. The fourth-order valence-electron chi connectivity index (χ4n) is 1.11. The Hall–Kier alpha value is -0.720. The van der Waals surface area contributed by atoms with E-state index >= 15 is 0 Å². The monoisotopic (exact) mass is 254 g/mol.